The maximum Gasteiger partial charge on any atom is 0.337 e. The van der Waals surface area contributed by atoms with Gasteiger partial charge < -0.3 is 9.84 Å². The normalized spacial score (nSPS) is 12.3. The van der Waals surface area contributed by atoms with Gasteiger partial charge in [0, 0.05) is 6.20 Å². The summed E-state index contributed by atoms with van der Waals surface area (Å²) in [4.78, 5) is 14.8. The number of unbranched alkanes of at least 4 members (excludes halogenated alkanes) is 3. The summed E-state index contributed by atoms with van der Waals surface area (Å²) in [5.41, 5.74) is 0.974. The van der Waals surface area contributed by atoms with Crippen LogP contribution in [0.1, 0.15) is 62.0 Å². The molecule has 1 rings (SSSR count). The second-order valence-electron chi connectivity index (χ2n) is 4.81. The number of aromatic carboxylic acids is 1. The minimum absolute atomic E-state index is 0.205. The molecular formula is C15H23NO3. The van der Waals surface area contributed by atoms with Crippen molar-refractivity contribution in [1.82, 2.24) is 4.98 Å². The van der Waals surface area contributed by atoms with Crippen molar-refractivity contribution in [1.29, 1.82) is 0 Å². The predicted molar refractivity (Wildman–Crippen MR) is 74.2 cm³/mol. The number of pyridine rings is 1. The van der Waals surface area contributed by atoms with Gasteiger partial charge in [0.15, 0.2) is 0 Å². The van der Waals surface area contributed by atoms with E-state index in [0.29, 0.717) is 6.61 Å². The van der Waals surface area contributed by atoms with E-state index in [1.54, 1.807) is 12.1 Å². The van der Waals surface area contributed by atoms with Crippen LogP contribution in [0.3, 0.4) is 0 Å². The lowest BCUT2D eigenvalue weighted by molar-refractivity contribution is 0.0439. The number of aromatic nitrogens is 1. The minimum Gasteiger partial charge on any atom is -0.478 e. The topological polar surface area (TPSA) is 59.4 Å². The molecule has 1 unspecified atom stereocenters. The zero-order valence-corrected chi connectivity index (χ0v) is 11.8. The molecule has 0 aromatic carbocycles. The van der Waals surface area contributed by atoms with Crippen LogP contribution in [0.25, 0.3) is 0 Å². The number of rotatable bonds is 9. The molecule has 106 valence electrons. The third-order valence-electron chi connectivity index (χ3n) is 3.05. The lowest BCUT2D eigenvalue weighted by atomic mass is 10.1. The Kier molecular flexibility index (Phi) is 7.11. The Morgan fingerprint density at radius 3 is 2.74 bits per heavy atom. The highest BCUT2D eigenvalue weighted by Crippen LogP contribution is 2.10. The Hall–Kier alpha value is -1.42. The zero-order chi connectivity index (χ0) is 14.1. The van der Waals surface area contributed by atoms with Crippen LogP contribution in [0.15, 0.2) is 18.3 Å². The van der Waals surface area contributed by atoms with Gasteiger partial charge in [-0.2, -0.15) is 0 Å². The van der Waals surface area contributed by atoms with Crippen molar-refractivity contribution in [2.24, 2.45) is 0 Å². The van der Waals surface area contributed by atoms with Crippen molar-refractivity contribution < 1.29 is 14.6 Å². The number of hydrogen-bond acceptors (Lipinski definition) is 3. The highest BCUT2D eigenvalue weighted by atomic mass is 16.5. The summed E-state index contributed by atoms with van der Waals surface area (Å²) in [6, 6.07) is 3.26. The maximum absolute atomic E-state index is 10.7. The minimum atomic E-state index is -0.954. The van der Waals surface area contributed by atoms with Crippen molar-refractivity contribution in [2.45, 2.75) is 58.7 Å². The molecule has 0 amide bonds. The Balaban J connectivity index is 2.25. The van der Waals surface area contributed by atoms with E-state index < -0.39 is 5.97 Å². The summed E-state index contributed by atoms with van der Waals surface area (Å²) >= 11 is 0. The van der Waals surface area contributed by atoms with E-state index in [1.807, 2.05) is 0 Å². The molecule has 0 aliphatic rings. The van der Waals surface area contributed by atoms with E-state index in [2.05, 4.69) is 18.8 Å². The smallest absolute Gasteiger partial charge is 0.337 e. The molecule has 1 aromatic rings. The fraction of sp³-hybridized carbons (Fsp3) is 0.600. The number of hydrogen-bond donors (Lipinski definition) is 1. The van der Waals surface area contributed by atoms with E-state index in [0.717, 1.165) is 12.1 Å². The molecular weight excluding hydrogens is 242 g/mol. The van der Waals surface area contributed by atoms with Crippen molar-refractivity contribution >= 4 is 5.97 Å². The van der Waals surface area contributed by atoms with Crippen LogP contribution < -0.4 is 0 Å². The Labute approximate surface area is 114 Å². The molecule has 1 N–H and O–H groups in total. The highest BCUT2D eigenvalue weighted by molar-refractivity contribution is 5.87. The summed E-state index contributed by atoms with van der Waals surface area (Å²) in [6.07, 6.45) is 7.63. The van der Waals surface area contributed by atoms with Crippen LogP contribution in [0.2, 0.25) is 0 Å². The molecule has 0 saturated heterocycles. The molecule has 0 aliphatic heterocycles. The molecule has 0 spiro atoms. The monoisotopic (exact) mass is 265 g/mol. The van der Waals surface area contributed by atoms with E-state index in [1.165, 1.54) is 31.9 Å². The van der Waals surface area contributed by atoms with Gasteiger partial charge in [0.1, 0.15) is 0 Å². The van der Waals surface area contributed by atoms with Crippen LogP contribution in [0, 0.1) is 0 Å². The Bertz CT molecular complexity index is 375. The molecule has 4 heteroatoms. The van der Waals surface area contributed by atoms with E-state index >= 15 is 0 Å². The summed E-state index contributed by atoms with van der Waals surface area (Å²) in [7, 11) is 0. The Morgan fingerprint density at radius 2 is 2.16 bits per heavy atom. The summed E-state index contributed by atoms with van der Waals surface area (Å²) in [6.45, 7) is 4.71. The van der Waals surface area contributed by atoms with Crippen molar-refractivity contribution in [3.63, 3.8) is 0 Å². The molecule has 1 heterocycles. The van der Waals surface area contributed by atoms with Gasteiger partial charge in [-0.15, -0.1) is 0 Å². The number of carboxylic acids is 1. The first-order valence-corrected chi connectivity index (χ1v) is 6.93. The second kappa shape index (κ2) is 8.64. The average molecular weight is 265 g/mol. The second-order valence-corrected chi connectivity index (χ2v) is 4.81. The molecule has 0 radical (unpaired) electrons. The molecule has 0 saturated carbocycles. The fourth-order valence-corrected chi connectivity index (χ4v) is 1.81. The van der Waals surface area contributed by atoms with Gasteiger partial charge in [0.25, 0.3) is 0 Å². The molecule has 1 atom stereocenters. The van der Waals surface area contributed by atoms with Gasteiger partial charge in [-0.3, -0.25) is 4.98 Å². The lowest BCUT2D eigenvalue weighted by Gasteiger charge is -2.12. The van der Waals surface area contributed by atoms with Crippen LogP contribution >= 0.6 is 0 Å². The molecule has 4 nitrogen and oxygen atoms in total. The van der Waals surface area contributed by atoms with Gasteiger partial charge >= 0.3 is 5.97 Å². The lowest BCUT2D eigenvalue weighted by Crippen LogP contribution is -2.09. The maximum atomic E-state index is 10.7. The first-order valence-electron chi connectivity index (χ1n) is 6.93. The SMILES string of the molecule is CCCCCCC(C)OCc1ccc(C(=O)O)cn1. The summed E-state index contributed by atoms with van der Waals surface area (Å²) < 4.78 is 5.70. The van der Waals surface area contributed by atoms with Crippen molar-refractivity contribution in [3.8, 4) is 0 Å². The molecule has 0 aliphatic carbocycles. The van der Waals surface area contributed by atoms with E-state index in [-0.39, 0.29) is 11.7 Å². The molecule has 0 fully saturated rings. The van der Waals surface area contributed by atoms with Gasteiger partial charge in [-0.25, -0.2) is 4.79 Å². The van der Waals surface area contributed by atoms with Crippen LogP contribution in [0.4, 0.5) is 0 Å². The number of carboxylic acid groups (broad SMARTS) is 1. The van der Waals surface area contributed by atoms with Crippen molar-refractivity contribution in [2.75, 3.05) is 0 Å². The molecule has 19 heavy (non-hydrogen) atoms. The standard InChI is InChI=1S/C15H23NO3/c1-3-4-5-6-7-12(2)19-11-14-9-8-13(10-16-14)15(17)18/h8-10,12H,3-7,11H2,1-2H3,(H,17,18). The van der Waals surface area contributed by atoms with Gasteiger partial charge in [0.05, 0.1) is 24.0 Å². The third kappa shape index (κ3) is 6.34. The third-order valence-corrected chi connectivity index (χ3v) is 3.05. The first-order chi connectivity index (χ1) is 9.13. The van der Waals surface area contributed by atoms with E-state index in [4.69, 9.17) is 9.84 Å². The average Bonchev–Trinajstić information content (AvgIpc) is 2.42. The molecule has 0 bridgehead atoms. The van der Waals surface area contributed by atoms with E-state index in [9.17, 15) is 4.79 Å². The Morgan fingerprint density at radius 1 is 1.37 bits per heavy atom. The largest absolute Gasteiger partial charge is 0.478 e. The fourth-order valence-electron chi connectivity index (χ4n) is 1.81. The number of ether oxygens (including phenoxy) is 1. The predicted octanol–water partition coefficient (Wildman–Crippen LogP) is 3.66. The van der Waals surface area contributed by atoms with Gasteiger partial charge in [0.2, 0.25) is 0 Å². The van der Waals surface area contributed by atoms with Crippen molar-refractivity contribution in [3.05, 3.63) is 29.6 Å². The number of carbonyl (C=O) groups is 1. The van der Waals surface area contributed by atoms with Crippen LogP contribution in [-0.2, 0) is 11.3 Å². The summed E-state index contributed by atoms with van der Waals surface area (Å²) in [5.74, 6) is -0.954. The first kappa shape index (κ1) is 15.6. The zero-order valence-electron chi connectivity index (χ0n) is 11.8. The number of nitrogens with zero attached hydrogens (tertiary/aromatic N) is 1. The quantitative estimate of drug-likeness (QED) is 0.692. The van der Waals surface area contributed by atoms with Gasteiger partial charge in [-0.05, 0) is 25.5 Å². The molecule has 1 aromatic heterocycles. The highest BCUT2D eigenvalue weighted by Gasteiger charge is 2.05. The van der Waals surface area contributed by atoms with Gasteiger partial charge in [-0.1, -0.05) is 32.6 Å². The summed E-state index contributed by atoms with van der Waals surface area (Å²) in [5, 5.41) is 8.76. The van der Waals surface area contributed by atoms with Crippen LogP contribution in [0.5, 0.6) is 0 Å². The van der Waals surface area contributed by atoms with Crippen LogP contribution in [-0.4, -0.2) is 22.2 Å².